The molecule has 0 saturated carbocycles. The molecule has 0 fully saturated rings. The standard InChI is InChI=1S/C32H42O9/c1-21(2)10-9-11-22(3)12-14-24-26(40-19-35-4)18-27(41-20-36-5)30(31(24)34)25(33)15-13-23-16-28(37-6)32(39-8)29(17-23)38-7/h10,12-13,15-18,34H,9,11,14,19-20H2,1-8H3/b15-13+,22-12+. The van der Waals surface area contributed by atoms with Gasteiger partial charge in [0.05, 0.1) is 21.3 Å². The van der Waals surface area contributed by atoms with Crippen LogP contribution in [0.4, 0.5) is 0 Å². The molecule has 2 aromatic rings. The van der Waals surface area contributed by atoms with Crippen molar-refractivity contribution in [1.82, 2.24) is 0 Å². The molecule has 9 heteroatoms. The molecule has 0 bridgehead atoms. The number of aromatic hydroxyl groups is 1. The van der Waals surface area contributed by atoms with Crippen molar-refractivity contribution in [3.05, 3.63) is 64.3 Å². The maximum Gasteiger partial charge on any atom is 0.203 e. The number of ketones is 1. The van der Waals surface area contributed by atoms with E-state index in [0.717, 1.165) is 18.4 Å². The molecule has 0 amide bonds. The molecule has 0 heterocycles. The second-order valence-electron chi connectivity index (χ2n) is 9.41. The number of benzene rings is 2. The molecule has 0 radical (unpaired) electrons. The summed E-state index contributed by atoms with van der Waals surface area (Å²) in [6.07, 6.45) is 9.27. The molecule has 2 aromatic carbocycles. The fourth-order valence-electron chi connectivity index (χ4n) is 4.01. The van der Waals surface area contributed by atoms with Crippen molar-refractivity contribution in [2.45, 2.75) is 40.0 Å². The van der Waals surface area contributed by atoms with E-state index in [1.807, 2.05) is 13.0 Å². The molecule has 0 saturated heterocycles. The summed E-state index contributed by atoms with van der Waals surface area (Å²) in [7, 11) is 7.51. The first kappa shape index (κ1) is 33.3. The zero-order valence-electron chi connectivity index (χ0n) is 25.3. The summed E-state index contributed by atoms with van der Waals surface area (Å²) < 4.78 is 37.8. The van der Waals surface area contributed by atoms with E-state index in [9.17, 15) is 9.90 Å². The van der Waals surface area contributed by atoms with Gasteiger partial charge >= 0.3 is 0 Å². The number of hydrogen-bond donors (Lipinski definition) is 1. The predicted octanol–water partition coefficient (Wildman–Crippen LogP) is 6.51. The molecule has 0 atom stereocenters. The fraction of sp³-hybridized carbons (Fsp3) is 0.406. The van der Waals surface area contributed by atoms with Crippen molar-refractivity contribution < 1.29 is 43.1 Å². The predicted molar refractivity (Wildman–Crippen MR) is 159 cm³/mol. The van der Waals surface area contributed by atoms with E-state index in [1.54, 1.807) is 24.3 Å². The Kier molecular flexibility index (Phi) is 13.8. The molecule has 1 N–H and O–H groups in total. The summed E-state index contributed by atoms with van der Waals surface area (Å²) in [5.74, 6) is 1.06. The number of allylic oxidation sites excluding steroid dienone is 5. The van der Waals surface area contributed by atoms with Gasteiger partial charge in [-0.3, -0.25) is 4.79 Å². The van der Waals surface area contributed by atoms with E-state index in [1.165, 1.54) is 47.2 Å². The van der Waals surface area contributed by atoms with Crippen LogP contribution in [-0.2, 0) is 15.9 Å². The highest BCUT2D eigenvalue weighted by atomic mass is 16.7. The van der Waals surface area contributed by atoms with Crippen molar-refractivity contribution in [2.75, 3.05) is 49.1 Å². The highest BCUT2D eigenvalue weighted by molar-refractivity contribution is 6.11. The van der Waals surface area contributed by atoms with Gasteiger partial charge in [0.15, 0.2) is 30.9 Å². The zero-order chi connectivity index (χ0) is 30.4. The molecular weight excluding hydrogens is 528 g/mol. The zero-order valence-corrected chi connectivity index (χ0v) is 25.3. The first-order valence-electron chi connectivity index (χ1n) is 13.1. The smallest absolute Gasteiger partial charge is 0.203 e. The Morgan fingerprint density at radius 1 is 0.805 bits per heavy atom. The normalized spacial score (nSPS) is 11.4. The van der Waals surface area contributed by atoms with Crippen LogP contribution in [0.25, 0.3) is 6.08 Å². The lowest BCUT2D eigenvalue weighted by Crippen LogP contribution is -2.09. The van der Waals surface area contributed by atoms with Crippen LogP contribution in [-0.4, -0.2) is 60.0 Å². The Hall–Kier alpha value is -3.95. The van der Waals surface area contributed by atoms with Crippen molar-refractivity contribution in [3.63, 3.8) is 0 Å². The number of phenolic OH excluding ortho intramolecular Hbond substituents is 1. The Morgan fingerprint density at radius 3 is 1.95 bits per heavy atom. The Bertz CT molecular complexity index is 1230. The Balaban J connectivity index is 2.55. The van der Waals surface area contributed by atoms with Crippen LogP contribution in [0.15, 0.2) is 47.6 Å². The minimum atomic E-state index is -0.480. The van der Waals surface area contributed by atoms with Crippen LogP contribution >= 0.6 is 0 Å². The summed E-state index contributed by atoms with van der Waals surface area (Å²) in [6, 6.07) is 4.99. The number of carbonyl (C=O) groups excluding carboxylic acids is 1. The van der Waals surface area contributed by atoms with E-state index >= 15 is 0 Å². The summed E-state index contributed by atoms with van der Waals surface area (Å²) >= 11 is 0. The van der Waals surface area contributed by atoms with Crippen LogP contribution in [0.2, 0.25) is 0 Å². The van der Waals surface area contributed by atoms with Gasteiger partial charge in [0.2, 0.25) is 5.75 Å². The van der Waals surface area contributed by atoms with Crippen LogP contribution in [0.5, 0.6) is 34.5 Å². The quantitative estimate of drug-likeness (QED) is 0.0986. The second kappa shape index (κ2) is 17.0. The highest BCUT2D eigenvalue weighted by Gasteiger charge is 2.24. The number of ether oxygens (including phenoxy) is 7. The number of phenols is 1. The summed E-state index contributed by atoms with van der Waals surface area (Å²) in [6.45, 7) is 5.99. The molecule has 0 aliphatic heterocycles. The first-order valence-corrected chi connectivity index (χ1v) is 13.1. The monoisotopic (exact) mass is 570 g/mol. The minimum absolute atomic E-state index is 0.0129. The lowest BCUT2D eigenvalue weighted by Gasteiger charge is -2.18. The third-order valence-electron chi connectivity index (χ3n) is 6.10. The van der Waals surface area contributed by atoms with Gasteiger partial charge < -0.3 is 38.3 Å². The van der Waals surface area contributed by atoms with Crippen molar-refractivity contribution >= 4 is 11.9 Å². The van der Waals surface area contributed by atoms with Gasteiger partial charge in [0.25, 0.3) is 0 Å². The van der Waals surface area contributed by atoms with E-state index in [0.29, 0.717) is 40.5 Å². The van der Waals surface area contributed by atoms with E-state index < -0.39 is 5.78 Å². The molecule has 224 valence electrons. The van der Waals surface area contributed by atoms with Gasteiger partial charge in [-0.25, -0.2) is 0 Å². The first-order chi connectivity index (χ1) is 19.7. The molecule has 0 unspecified atom stereocenters. The van der Waals surface area contributed by atoms with E-state index in [2.05, 4.69) is 19.9 Å². The van der Waals surface area contributed by atoms with Crippen molar-refractivity contribution in [3.8, 4) is 34.5 Å². The molecule has 0 aliphatic carbocycles. The number of carbonyl (C=O) groups is 1. The molecular formula is C32H42O9. The Labute approximate surface area is 242 Å². The average molecular weight is 571 g/mol. The maximum atomic E-state index is 13.5. The summed E-state index contributed by atoms with van der Waals surface area (Å²) in [5, 5.41) is 11.4. The van der Waals surface area contributed by atoms with Crippen LogP contribution < -0.4 is 23.7 Å². The highest BCUT2D eigenvalue weighted by Crippen LogP contribution is 2.41. The number of rotatable bonds is 17. The third kappa shape index (κ3) is 9.58. The van der Waals surface area contributed by atoms with Gasteiger partial charge in [-0.1, -0.05) is 29.4 Å². The van der Waals surface area contributed by atoms with E-state index in [4.69, 9.17) is 33.2 Å². The number of methoxy groups -OCH3 is 5. The van der Waals surface area contributed by atoms with Crippen molar-refractivity contribution in [1.29, 1.82) is 0 Å². The average Bonchev–Trinajstić information content (AvgIpc) is 2.96. The van der Waals surface area contributed by atoms with Crippen LogP contribution in [0.3, 0.4) is 0 Å². The van der Waals surface area contributed by atoms with E-state index in [-0.39, 0.29) is 30.6 Å². The SMILES string of the molecule is COCOc1cc(OCOC)c(C(=O)/C=C/c2cc(OC)c(OC)c(OC)c2)c(O)c1C/C=C(\C)CCC=C(C)C. The van der Waals surface area contributed by atoms with Crippen LogP contribution in [0.1, 0.15) is 55.1 Å². The number of hydrogen-bond acceptors (Lipinski definition) is 9. The van der Waals surface area contributed by atoms with Gasteiger partial charge in [0, 0.05) is 25.8 Å². The Morgan fingerprint density at radius 2 is 1.41 bits per heavy atom. The molecule has 41 heavy (non-hydrogen) atoms. The molecule has 9 nitrogen and oxygen atoms in total. The van der Waals surface area contributed by atoms with Gasteiger partial charge in [-0.15, -0.1) is 0 Å². The summed E-state index contributed by atoms with van der Waals surface area (Å²) in [4.78, 5) is 13.5. The molecule has 0 spiro atoms. The van der Waals surface area contributed by atoms with Gasteiger partial charge in [-0.05, 0) is 63.8 Å². The van der Waals surface area contributed by atoms with Gasteiger partial charge in [-0.2, -0.15) is 0 Å². The van der Waals surface area contributed by atoms with Crippen molar-refractivity contribution in [2.24, 2.45) is 0 Å². The maximum absolute atomic E-state index is 13.5. The molecule has 0 aromatic heterocycles. The third-order valence-corrected chi connectivity index (χ3v) is 6.10. The largest absolute Gasteiger partial charge is 0.507 e. The lowest BCUT2D eigenvalue weighted by molar-refractivity contribution is 0.0449. The lowest BCUT2D eigenvalue weighted by atomic mass is 9.98. The minimum Gasteiger partial charge on any atom is -0.507 e. The summed E-state index contributed by atoms with van der Waals surface area (Å²) in [5.41, 5.74) is 3.47. The van der Waals surface area contributed by atoms with Gasteiger partial charge in [0.1, 0.15) is 22.8 Å². The van der Waals surface area contributed by atoms with Crippen LogP contribution in [0, 0.1) is 0 Å². The molecule has 2 rings (SSSR count). The topological polar surface area (TPSA) is 102 Å². The fourth-order valence-corrected chi connectivity index (χ4v) is 4.01. The second-order valence-corrected chi connectivity index (χ2v) is 9.41. The molecule has 0 aliphatic rings.